The Balaban J connectivity index is 2.03. The number of hydrogen-bond donors (Lipinski definition) is 1. The van der Waals surface area contributed by atoms with E-state index in [1.807, 2.05) is 0 Å². The van der Waals surface area contributed by atoms with Crippen molar-refractivity contribution in [3.8, 4) is 0 Å². The Labute approximate surface area is 98.4 Å². The van der Waals surface area contributed by atoms with Gasteiger partial charge in [0.2, 0.25) is 0 Å². The van der Waals surface area contributed by atoms with Gasteiger partial charge in [-0.25, -0.2) is 0 Å². The van der Waals surface area contributed by atoms with E-state index in [0.717, 1.165) is 6.42 Å². The minimum atomic E-state index is -0.123. The molecule has 3 rings (SSSR count). The van der Waals surface area contributed by atoms with E-state index in [1.165, 1.54) is 19.3 Å². The highest BCUT2D eigenvalue weighted by Crippen LogP contribution is 2.59. The van der Waals surface area contributed by atoms with Crippen LogP contribution >= 0.6 is 0 Å². The molecular formula is C14H24O2. The number of ether oxygens (including phenoxy) is 1. The lowest BCUT2D eigenvalue weighted by molar-refractivity contribution is -0.237. The van der Waals surface area contributed by atoms with Gasteiger partial charge in [0.05, 0.1) is 18.3 Å². The lowest BCUT2D eigenvalue weighted by Gasteiger charge is -2.57. The highest BCUT2D eigenvalue weighted by atomic mass is 16.5. The molecule has 2 saturated heterocycles. The maximum Gasteiger partial charge on any atom is 0.0679 e. The molecule has 0 spiro atoms. The average molecular weight is 224 g/mol. The molecule has 0 aromatic heterocycles. The Morgan fingerprint density at radius 1 is 1.25 bits per heavy atom. The molecule has 0 radical (unpaired) electrons. The molecule has 1 unspecified atom stereocenters. The fraction of sp³-hybridized carbons (Fsp3) is 1.00. The summed E-state index contributed by atoms with van der Waals surface area (Å²) in [5, 5.41) is 10.8. The van der Waals surface area contributed by atoms with Crippen molar-refractivity contribution in [2.24, 2.45) is 23.2 Å². The minimum absolute atomic E-state index is 0.0597. The largest absolute Gasteiger partial charge is 0.392 e. The summed E-state index contributed by atoms with van der Waals surface area (Å²) in [5.41, 5.74) is 0.0597. The standard InChI is InChI=1S/C14H24O2/c1-8(2)14-7-6-9(3)12(13(14)15)10-4-5-11(14)16-10/h8-13,15H,4-7H2,1-3H3/t9-,10-,11+,12+,13?,14-/m1/s1. The van der Waals surface area contributed by atoms with Gasteiger partial charge in [0, 0.05) is 11.3 Å². The summed E-state index contributed by atoms with van der Waals surface area (Å²) in [5.74, 6) is 1.56. The van der Waals surface area contributed by atoms with Crippen LogP contribution in [0.15, 0.2) is 0 Å². The van der Waals surface area contributed by atoms with Gasteiger partial charge in [-0.3, -0.25) is 0 Å². The van der Waals surface area contributed by atoms with Crippen LogP contribution in [0.1, 0.15) is 46.5 Å². The van der Waals surface area contributed by atoms with Crippen molar-refractivity contribution in [1.29, 1.82) is 0 Å². The number of rotatable bonds is 1. The molecule has 6 atom stereocenters. The Kier molecular flexibility index (Phi) is 2.38. The predicted molar refractivity (Wildman–Crippen MR) is 63.1 cm³/mol. The van der Waals surface area contributed by atoms with E-state index in [0.29, 0.717) is 30.0 Å². The zero-order chi connectivity index (χ0) is 11.5. The van der Waals surface area contributed by atoms with Crippen molar-refractivity contribution in [3.63, 3.8) is 0 Å². The number of aliphatic hydroxyl groups is 1. The van der Waals surface area contributed by atoms with E-state index in [9.17, 15) is 5.11 Å². The highest BCUT2D eigenvalue weighted by Gasteiger charge is 2.62. The van der Waals surface area contributed by atoms with Crippen LogP contribution in [0.4, 0.5) is 0 Å². The smallest absolute Gasteiger partial charge is 0.0679 e. The van der Waals surface area contributed by atoms with Crippen LogP contribution in [0.25, 0.3) is 0 Å². The van der Waals surface area contributed by atoms with E-state index in [2.05, 4.69) is 20.8 Å². The fourth-order valence-electron chi connectivity index (χ4n) is 4.75. The maximum atomic E-state index is 10.8. The monoisotopic (exact) mass is 224 g/mol. The van der Waals surface area contributed by atoms with Crippen molar-refractivity contribution < 1.29 is 9.84 Å². The van der Waals surface area contributed by atoms with Gasteiger partial charge in [0.15, 0.2) is 0 Å². The molecule has 1 aliphatic carbocycles. The second-order valence-corrected chi connectivity index (χ2v) is 6.55. The van der Waals surface area contributed by atoms with Crippen LogP contribution in [-0.2, 0) is 4.74 Å². The molecule has 16 heavy (non-hydrogen) atoms. The van der Waals surface area contributed by atoms with Crippen molar-refractivity contribution in [2.75, 3.05) is 0 Å². The van der Waals surface area contributed by atoms with E-state index >= 15 is 0 Å². The fourth-order valence-corrected chi connectivity index (χ4v) is 4.75. The highest BCUT2D eigenvalue weighted by molar-refractivity contribution is 5.10. The third-order valence-corrected chi connectivity index (χ3v) is 5.76. The molecule has 1 saturated carbocycles. The summed E-state index contributed by atoms with van der Waals surface area (Å²) in [7, 11) is 0. The van der Waals surface area contributed by atoms with Crippen LogP contribution in [0.5, 0.6) is 0 Å². The van der Waals surface area contributed by atoms with Crippen LogP contribution in [-0.4, -0.2) is 23.4 Å². The van der Waals surface area contributed by atoms with Crippen molar-refractivity contribution >= 4 is 0 Å². The zero-order valence-electron chi connectivity index (χ0n) is 10.6. The van der Waals surface area contributed by atoms with Crippen molar-refractivity contribution in [2.45, 2.75) is 64.8 Å². The van der Waals surface area contributed by atoms with Crippen LogP contribution in [0.3, 0.4) is 0 Å². The molecule has 4 bridgehead atoms. The molecular weight excluding hydrogens is 200 g/mol. The summed E-state index contributed by atoms with van der Waals surface area (Å²) < 4.78 is 6.21. The molecule has 2 aliphatic heterocycles. The average Bonchev–Trinajstić information content (AvgIpc) is 2.64. The Hall–Kier alpha value is -0.0800. The maximum absolute atomic E-state index is 10.8. The van der Waals surface area contributed by atoms with E-state index in [1.54, 1.807) is 0 Å². The van der Waals surface area contributed by atoms with Crippen molar-refractivity contribution in [1.82, 2.24) is 0 Å². The van der Waals surface area contributed by atoms with Gasteiger partial charge in [0.25, 0.3) is 0 Å². The van der Waals surface area contributed by atoms with Gasteiger partial charge >= 0.3 is 0 Å². The molecule has 2 heteroatoms. The summed E-state index contributed by atoms with van der Waals surface area (Å²) in [6.07, 6.45) is 5.33. The second-order valence-electron chi connectivity index (χ2n) is 6.55. The molecule has 2 nitrogen and oxygen atoms in total. The zero-order valence-corrected chi connectivity index (χ0v) is 10.6. The van der Waals surface area contributed by atoms with Gasteiger partial charge in [-0.2, -0.15) is 0 Å². The predicted octanol–water partition coefficient (Wildman–Crippen LogP) is 2.60. The van der Waals surface area contributed by atoms with Crippen LogP contribution < -0.4 is 0 Å². The Morgan fingerprint density at radius 3 is 2.69 bits per heavy atom. The summed E-state index contributed by atoms with van der Waals surface area (Å²) in [4.78, 5) is 0. The van der Waals surface area contributed by atoms with E-state index in [4.69, 9.17) is 4.74 Å². The topological polar surface area (TPSA) is 29.5 Å². The lowest BCUT2D eigenvalue weighted by atomic mass is 9.55. The normalized spacial score (nSPS) is 55.7. The molecule has 0 aromatic rings. The van der Waals surface area contributed by atoms with Gasteiger partial charge in [0.1, 0.15) is 0 Å². The number of aliphatic hydroxyl groups excluding tert-OH is 1. The minimum Gasteiger partial charge on any atom is -0.392 e. The third-order valence-electron chi connectivity index (χ3n) is 5.76. The second kappa shape index (κ2) is 3.46. The molecule has 0 aromatic carbocycles. The number of hydrogen-bond acceptors (Lipinski definition) is 2. The third kappa shape index (κ3) is 1.15. The van der Waals surface area contributed by atoms with Gasteiger partial charge in [-0.1, -0.05) is 20.8 Å². The van der Waals surface area contributed by atoms with Gasteiger partial charge in [-0.05, 0) is 37.5 Å². The first-order valence-electron chi connectivity index (χ1n) is 6.91. The summed E-state index contributed by atoms with van der Waals surface area (Å²) in [6, 6.07) is 0. The van der Waals surface area contributed by atoms with Gasteiger partial charge in [-0.15, -0.1) is 0 Å². The van der Waals surface area contributed by atoms with E-state index in [-0.39, 0.29) is 11.5 Å². The molecule has 0 amide bonds. The lowest BCUT2D eigenvalue weighted by Crippen LogP contribution is -2.61. The molecule has 92 valence electrons. The SMILES string of the molecule is CC(C)[C@@]12CC[C@@H](C)[C@H](C1O)[C@H]1CC[C@@H]2O1. The van der Waals surface area contributed by atoms with Crippen LogP contribution in [0.2, 0.25) is 0 Å². The molecule has 3 aliphatic rings. The first-order valence-corrected chi connectivity index (χ1v) is 6.91. The van der Waals surface area contributed by atoms with Gasteiger partial charge < -0.3 is 9.84 Å². The van der Waals surface area contributed by atoms with E-state index < -0.39 is 0 Å². The first-order chi connectivity index (χ1) is 7.57. The number of fused-ring (bicyclic) bond motifs is 6. The molecule has 2 heterocycles. The van der Waals surface area contributed by atoms with Crippen molar-refractivity contribution in [3.05, 3.63) is 0 Å². The van der Waals surface area contributed by atoms with Crippen LogP contribution in [0, 0.1) is 23.2 Å². The first kappa shape index (κ1) is 11.0. The Morgan fingerprint density at radius 2 is 2.00 bits per heavy atom. The quantitative estimate of drug-likeness (QED) is 0.742. The Bertz CT molecular complexity index is 288. The molecule has 3 fully saturated rings. The summed E-state index contributed by atoms with van der Waals surface area (Å²) in [6.45, 7) is 6.82. The molecule has 1 N–H and O–H groups in total. The summed E-state index contributed by atoms with van der Waals surface area (Å²) >= 11 is 0.